The van der Waals surface area contributed by atoms with Crippen molar-refractivity contribution in [1.29, 1.82) is 0 Å². The van der Waals surface area contributed by atoms with Crippen molar-refractivity contribution in [3.05, 3.63) is 74.8 Å². The largest absolute Gasteiger partial charge is 0.368 e. The van der Waals surface area contributed by atoms with E-state index < -0.39 is 4.92 Å². The van der Waals surface area contributed by atoms with Crippen molar-refractivity contribution in [3.63, 3.8) is 0 Å². The van der Waals surface area contributed by atoms with Crippen LogP contribution in [-0.4, -0.2) is 20.9 Å². The smallest absolute Gasteiger partial charge is 0.358 e. The van der Waals surface area contributed by atoms with Gasteiger partial charge in [-0.3, -0.25) is 4.98 Å². The first kappa shape index (κ1) is 21.6. The molecule has 0 amide bonds. The van der Waals surface area contributed by atoms with E-state index in [-0.39, 0.29) is 17.7 Å². The van der Waals surface area contributed by atoms with E-state index in [0.29, 0.717) is 29.0 Å². The summed E-state index contributed by atoms with van der Waals surface area (Å²) in [6, 6.07) is 8.57. The van der Waals surface area contributed by atoms with Crippen molar-refractivity contribution in [1.82, 2.24) is 15.3 Å². The first-order valence-corrected chi connectivity index (χ1v) is 10.9. The second-order valence-electron chi connectivity index (χ2n) is 8.24. The van der Waals surface area contributed by atoms with Gasteiger partial charge in [0.2, 0.25) is 0 Å². The molecule has 1 aliphatic carbocycles. The van der Waals surface area contributed by atoms with Crippen molar-refractivity contribution in [2.45, 2.75) is 51.1 Å². The summed E-state index contributed by atoms with van der Waals surface area (Å²) in [5, 5.41) is 15.9. The Bertz CT molecular complexity index is 1100. The van der Waals surface area contributed by atoms with Crippen LogP contribution in [0.25, 0.3) is 10.9 Å². The van der Waals surface area contributed by atoms with E-state index in [2.05, 4.69) is 22.2 Å². The summed E-state index contributed by atoms with van der Waals surface area (Å²) in [7, 11) is 0. The van der Waals surface area contributed by atoms with Crippen molar-refractivity contribution >= 4 is 28.3 Å². The first-order valence-electron chi connectivity index (χ1n) is 10.5. The van der Waals surface area contributed by atoms with Gasteiger partial charge in [-0.05, 0) is 90.2 Å². The molecule has 1 aliphatic rings. The van der Waals surface area contributed by atoms with Crippen LogP contribution in [0, 0.1) is 21.8 Å². The number of hydrogen-bond acceptors (Lipinski definition) is 5. The molecule has 2 aromatic heterocycles. The third-order valence-electron chi connectivity index (χ3n) is 6.35. The Morgan fingerprint density at radius 3 is 2.74 bits per heavy atom. The molecule has 1 atom stereocenters. The summed E-state index contributed by atoms with van der Waals surface area (Å²) in [4.78, 5) is 18.9. The lowest BCUT2D eigenvalue weighted by Crippen LogP contribution is -2.35. The number of fused-ring (bicyclic) bond motifs is 1. The Morgan fingerprint density at radius 1 is 1.23 bits per heavy atom. The maximum absolute atomic E-state index is 13.8. The zero-order valence-corrected chi connectivity index (χ0v) is 18.0. The minimum absolute atomic E-state index is 0.162. The SMILES string of the molecule is C[C@@H](NCc1cc(Cl)cnc1[N+](=O)[O-])C1CCC(c2ccnc3ccc(F)cc23)CC1. The van der Waals surface area contributed by atoms with Gasteiger partial charge in [-0.2, -0.15) is 0 Å². The Balaban J connectivity index is 1.39. The molecule has 1 aromatic carbocycles. The molecule has 0 unspecified atom stereocenters. The maximum Gasteiger partial charge on any atom is 0.368 e. The lowest BCUT2D eigenvalue weighted by atomic mass is 9.75. The zero-order chi connectivity index (χ0) is 22.0. The Labute approximate surface area is 185 Å². The van der Waals surface area contributed by atoms with Crippen LogP contribution in [-0.2, 0) is 6.54 Å². The van der Waals surface area contributed by atoms with Crippen molar-refractivity contribution < 1.29 is 9.31 Å². The van der Waals surface area contributed by atoms with Crippen LogP contribution in [0.2, 0.25) is 5.02 Å². The van der Waals surface area contributed by atoms with E-state index in [9.17, 15) is 14.5 Å². The molecule has 1 fully saturated rings. The molecule has 0 radical (unpaired) electrons. The van der Waals surface area contributed by atoms with Gasteiger partial charge in [-0.25, -0.2) is 4.39 Å². The number of rotatable bonds is 6. The van der Waals surface area contributed by atoms with Gasteiger partial charge in [0, 0.05) is 24.2 Å². The van der Waals surface area contributed by atoms with Crippen LogP contribution in [0.5, 0.6) is 0 Å². The number of pyridine rings is 2. The average Bonchev–Trinajstić information content (AvgIpc) is 2.77. The molecular formula is C23H24ClFN4O2. The Hall–Kier alpha value is -2.64. The Kier molecular flexibility index (Phi) is 6.43. The molecule has 8 heteroatoms. The predicted octanol–water partition coefficient (Wildman–Crippen LogP) is 5.78. The summed E-state index contributed by atoms with van der Waals surface area (Å²) in [5.41, 5.74) is 2.49. The van der Waals surface area contributed by atoms with Crippen LogP contribution in [0.3, 0.4) is 0 Å². The number of halogens is 2. The van der Waals surface area contributed by atoms with E-state index in [4.69, 9.17) is 11.6 Å². The molecule has 31 heavy (non-hydrogen) atoms. The summed E-state index contributed by atoms with van der Waals surface area (Å²) in [6.45, 7) is 2.46. The molecule has 1 N–H and O–H groups in total. The Morgan fingerprint density at radius 2 is 2.00 bits per heavy atom. The number of benzene rings is 1. The predicted molar refractivity (Wildman–Crippen MR) is 119 cm³/mol. The molecule has 0 aliphatic heterocycles. The topological polar surface area (TPSA) is 81.0 Å². The lowest BCUT2D eigenvalue weighted by Gasteiger charge is -2.33. The van der Waals surface area contributed by atoms with Gasteiger partial charge < -0.3 is 15.4 Å². The molecule has 2 heterocycles. The summed E-state index contributed by atoms with van der Waals surface area (Å²) in [5.74, 6) is 0.448. The molecule has 6 nitrogen and oxygen atoms in total. The number of nitro groups is 1. The second-order valence-corrected chi connectivity index (χ2v) is 8.67. The number of nitrogens with one attached hydrogen (secondary N) is 1. The monoisotopic (exact) mass is 442 g/mol. The highest BCUT2D eigenvalue weighted by atomic mass is 35.5. The molecule has 4 rings (SSSR count). The van der Waals surface area contributed by atoms with E-state index in [1.165, 1.54) is 17.8 Å². The first-order chi connectivity index (χ1) is 14.9. The van der Waals surface area contributed by atoms with Crippen molar-refractivity contribution in [2.75, 3.05) is 0 Å². The van der Waals surface area contributed by atoms with Crippen molar-refractivity contribution in [2.24, 2.45) is 5.92 Å². The fourth-order valence-electron chi connectivity index (χ4n) is 4.63. The quantitative estimate of drug-likeness (QED) is 0.386. The van der Waals surface area contributed by atoms with Crippen LogP contribution in [0.15, 0.2) is 42.7 Å². The van der Waals surface area contributed by atoms with Gasteiger partial charge in [0.05, 0.1) is 16.1 Å². The minimum atomic E-state index is -0.481. The highest BCUT2D eigenvalue weighted by Crippen LogP contribution is 2.39. The summed E-state index contributed by atoms with van der Waals surface area (Å²) in [6.07, 6.45) is 7.21. The van der Waals surface area contributed by atoms with E-state index in [0.717, 1.165) is 36.6 Å². The molecule has 0 saturated heterocycles. The maximum atomic E-state index is 13.8. The third-order valence-corrected chi connectivity index (χ3v) is 6.56. The van der Waals surface area contributed by atoms with Gasteiger partial charge in [-0.15, -0.1) is 0 Å². The fraction of sp³-hybridized carbons (Fsp3) is 0.391. The summed E-state index contributed by atoms with van der Waals surface area (Å²) < 4.78 is 13.8. The second kappa shape index (κ2) is 9.24. The van der Waals surface area contributed by atoms with Gasteiger partial charge >= 0.3 is 5.82 Å². The lowest BCUT2D eigenvalue weighted by molar-refractivity contribution is -0.390. The molecule has 0 bridgehead atoms. The van der Waals surface area contributed by atoms with Crippen LogP contribution in [0.1, 0.15) is 49.7 Å². The normalized spacial score (nSPS) is 20.0. The zero-order valence-electron chi connectivity index (χ0n) is 17.2. The molecule has 0 spiro atoms. The van der Waals surface area contributed by atoms with Gasteiger partial charge in [0.25, 0.3) is 0 Å². The average molecular weight is 443 g/mol. The summed E-state index contributed by atoms with van der Waals surface area (Å²) >= 11 is 5.97. The third kappa shape index (κ3) is 4.83. The van der Waals surface area contributed by atoms with Crippen molar-refractivity contribution in [3.8, 4) is 0 Å². The molecule has 1 saturated carbocycles. The minimum Gasteiger partial charge on any atom is -0.358 e. The molecular weight excluding hydrogens is 419 g/mol. The number of aromatic nitrogens is 2. The van der Waals surface area contributed by atoms with E-state index in [1.807, 2.05) is 6.07 Å². The fourth-order valence-corrected chi connectivity index (χ4v) is 4.81. The highest BCUT2D eigenvalue weighted by Gasteiger charge is 2.27. The number of nitrogens with zero attached hydrogens (tertiary/aromatic N) is 3. The van der Waals surface area contributed by atoms with Gasteiger partial charge in [-0.1, -0.05) is 11.6 Å². The standard InChI is InChI=1S/C23H24ClFN4O2/c1-14(27-12-17-10-18(24)13-28-23(17)29(30)31)15-2-4-16(5-3-15)20-8-9-26-22-7-6-19(25)11-21(20)22/h6-11,13-16,27H,2-5,12H2,1H3/t14-,15?,16?/m1/s1. The molecule has 3 aromatic rings. The van der Waals surface area contributed by atoms with E-state index in [1.54, 1.807) is 24.4 Å². The highest BCUT2D eigenvalue weighted by molar-refractivity contribution is 6.30. The molecule has 162 valence electrons. The number of hydrogen-bond donors (Lipinski definition) is 1. The van der Waals surface area contributed by atoms with Gasteiger partial charge in [0.15, 0.2) is 6.20 Å². The van der Waals surface area contributed by atoms with Crippen LogP contribution >= 0.6 is 11.6 Å². The van der Waals surface area contributed by atoms with Crippen LogP contribution in [0.4, 0.5) is 10.2 Å². The van der Waals surface area contributed by atoms with Gasteiger partial charge in [0.1, 0.15) is 5.82 Å². The van der Waals surface area contributed by atoms with Crippen LogP contribution < -0.4 is 5.32 Å². The van der Waals surface area contributed by atoms with E-state index >= 15 is 0 Å².